The smallest absolute Gasteiger partial charge is 0.144 e. The molecule has 5 heteroatoms. The van der Waals surface area contributed by atoms with E-state index in [2.05, 4.69) is 4.98 Å². The lowest BCUT2D eigenvalue weighted by atomic mass is 10.1. The van der Waals surface area contributed by atoms with E-state index >= 15 is 0 Å². The number of rotatable bonds is 4. The summed E-state index contributed by atoms with van der Waals surface area (Å²) < 4.78 is 27.3. The Labute approximate surface area is 117 Å². The fraction of sp³-hybridized carbons (Fsp3) is 0.643. The van der Waals surface area contributed by atoms with Gasteiger partial charge >= 0.3 is 0 Å². The minimum atomic E-state index is -1.12. The average Bonchev–Trinajstić information content (AvgIpc) is 2.32. The van der Waals surface area contributed by atoms with E-state index in [1.165, 1.54) is 6.20 Å². The summed E-state index contributed by atoms with van der Waals surface area (Å²) in [5, 5.41) is 0. The first kappa shape index (κ1) is 16.2. The number of hydrogen-bond acceptors (Lipinski definition) is 2. The van der Waals surface area contributed by atoms with Crippen LogP contribution in [0.1, 0.15) is 51.9 Å². The van der Waals surface area contributed by atoms with Gasteiger partial charge in [-0.2, -0.15) is 0 Å². The van der Waals surface area contributed by atoms with E-state index in [1.807, 2.05) is 38.9 Å². The van der Waals surface area contributed by atoms with E-state index in [-0.39, 0.29) is 16.6 Å². The Hall–Kier alpha value is -0.810. The highest BCUT2D eigenvalue weighted by molar-refractivity contribution is 7.84. The Morgan fingerprint density at radius 3 is 2.47 bits per heavy atom. The van der Waals surface area contributed by atoms with E-state index in [0.29, 0.717) is 12.1 Å². The van der Waals surface area contributed by atoms with Crippen molar-refractivity contribution in [2.45, 2.75) is 52.3 Å². The summed E-state index contributed by atoms with van der Waals surface area (Å²) in [6.07, 6.45) is 1.23. The Morgan fingerprint density at radius 1 is 1.47 bits per heavy atom. The molecule has 0 aliphatic heterocycles. The van der Waals surface area contributed by atoms with Crippen LogP contribution >= 0.6 is 0 Å². The second-order valence-electron chi connectivity index (χ2n) is 5.63. The Kier molecular flexibility index (Phi) is 5.21. The predicted molar refractivity (Wildman–Crippen MR) is 77.6 cm³/mol. The molecule has 0 radical (unpaired) electrons. The highest BCUT2D eigenvalue weighted by Crippen LogP contribution is 2.26. The molecule has 2 atom stereocenters. The van der Waals surface area contributed by atoms with Crippen molar-refractivity contribution < 1.29 is 8.60 Å². The van der Waals surface area contributed by atoms with Gasteiger partial charge in [0, 0.05) is 6.54 Å². The summed E-state index contributed by atoms with van der Waals surface area (Å²) in [4.78, 5) is 4.12. The first-order valence-electron chi connectivity index (χ1n) is 6.49. The van der Waals surface area contributed by atoms with Gasteiger partial charge in [-0.05, 0) is 46.2 Å². The third-order valence-electron chi connectivity index (χ3n) is 2.98. The van der Waals surface area contributed by atoms with E-state index in [4.69, 9.17) is 0 Å². The molecule has 108 valence electrons. The third-order valence-corrected chi connectivity index (χ3v) is 5.02. The number of pyridine rings is 1. The highest BCUT2D eigenvalue weighted by atomic mass is 32.2. The summed E-state index contributed by atoms with van der Waals surface area (Å²) >= 11 is 0. The van der Waals surface area contributed by atoms with Gasteiger partial charge in [-0.15, -0.1) is 0 Å². The lowest BCUT2D eigenvalue weighted by Gasteiger charge is -2.32. The molecular weight excluding hydrogens is 263 g/mol. The second kappa shape index (κ2) is 6.09. The molecule has 0 unspecified atom stereocenters. The molecule has 0 bridgehead atoms. The van der Waals surface area contributed by atoms with Gasteiger partial charge in [-0.3, -0.25) is 4.98 Å². The van der Waals surface area contributed by atoms with E-state index < -0.39 is 11.0 Å². The zero-order chi connectivity index (χ0) is 14.8. The fourth-order valence-corrected chi connectivity index (χ4v) is 3.16. The van der Waals surface area contributed by atoms with Crippen LogP contribution in [-0.2, 0) is 11.0 Å². The molecule has 0 saturated carbocycles. The number of halogens is 1. The molecule has 3 nitrogen and oxygen atoms in total. The Bertz CT molecular complexity index is 471. The van der Waals surface area contributed by atoms with Crippen LogP contribution in [0.5, 0.6) is 0 Å². The zero-order valence-corrected chi connectivity index (χ0v) is 13.3. The molecule has 0 spiro atoms. The highest BCUT2D eigenvalue weighted by Gasteiger charge is 2.29. The van der Waals surface area contributed by atoms with Crippen molar-refractivity contribution in [3.63, 3.8) is 0 Å². The maximum atomic E-state index is 13.3. The van der Waals surface area contributed by atoms with Gasteiger partial charge in [0.15, 0.2) is 0 Å². The second-order valence-corrected chi connectivity index (χ2v) is 7.82. The van der Waals surface area contributed by atoms with Crippen molar-refractivity contribution in [3.05, 3.63) is 29.3 Å². The van der Waals surface area contributed by atoms with Crippen molar-refractivity contribution in [1.82, 2.24) is 9.29 Å². The molecule has 0 aliphatic carbocycles. The zero-order valence-electron chi connectivity index (χ0n) is 12.5. The molecule has 1 rings (SSSR count). The number of hydrogen-bond donors (Lipinski definition) is 0. The molecular formula is C14H23FN2OS. The topological polar surface area (TPSA) is 33.2 Å². The molecule has 1 heterocycles. The van der Waals surface area contributed by atoms with Crippen molar-refractivity contribution in [3.8, 4) is 0 Å². The number of aromatic nitrogens is 1. The van der Waals surface area contributed by atoms with E-state index in [1.54, 1.807) is 13.0 Å². The standard InChI is InChI=1S/C14H23FN2OS/c1-7-17(19(18)14(4,5)6)11(3)13-8-10(2)12(15)9-16-13/h8-9,11H,7H2,1-6H3/t11-,19-/m1/s1. The van der Waals surface area contributed by atoms with Crippen molar-refractivity contribution in [2.24, 2.45) is 0 Å². The SMILES string of the molecule is CCN([C@H](C)c1cc(C)c(F)cn1)[S@](=O)C(C)(C)C. The third kappa shape index (κ3) is 3.83. The summed E-state index contributed by atoms with van der Waals surface area (Å²) in [5.74, 6) is -0.309. The Morgan fingerprint density at radius 2 is 2.05 bits per heavy atom. The molecule has 0 amide bonds. The molecule has 0 saturated heterocycles. The minimum absolute atomic E-state index is 0.107. The van der Waals surface area contributed by atoms with Gasteiger partial charge in [0.1, 0.15) is 16.8 Å². The van der Waals surface area contributed by atoms with Crippen LogP contribution in [0, 0.1) is 12.7 Å². The lowest BCUT2D eigenvalue weighted by molar-refractivity contribution is 0.365. The van der Waals surface area contributed by atoms with Crippen LogP contribution in [-0.4, -0.2) is 24.8 Å². The first-order chi connectivity index (χ1) is 8.68. The van der Waals surface area contributed by atoms with Crippen molar-refractivity contribution in [1.29, 1.82) is 0 Å². The van der Waals surface area contributed by atoms with Crippen LogP contribution in [0.25, 0.3) is 0 Å². The minimum Gasteiger partial charge on any atom is -0.257 e. The largest absolute Gasteiger partial charge is 0.257 e. The van der Waals surface area contributed by atoms with Crippen molar-refractivity contribution >= 4 is 11.0 Å². The normalized spacial score (nSPS) is 15.6. The summed E-state index contributed by atoms with van der Waals surface area (Å²) in [6, 6.07) is 1.62. The van der Waals surface area contributed by atoms with Crippen LogP contribution < -0.4 is 0 Å². The monoisotopic (exact) mass is 286 g/mol. The van der Waals surface area contributed by atoms with Gasteiger partial charge < -0.3 is 0 Å². The average molecular weight is 286 g/mol. The predicted octanol–water partition coefficient (Wildman–Crippen LogP) is 3.37. The quantitative estimate of drug-likeness (QED) is 0.850. The molecule has 0 N–H and O–H groups in total. The van der Waals surface area contributed by atoms with Gasteiger partial charge in [0.05, 0.1) is 22.7 Å². The maximum absolute atomic E-state index is 13.3. The van der Waals surface area contributed by atoms with E-state index in [9.17, 15) is 8.60 Å². The van der Waals surface area contributed by atoms with E-state index in [0.717, 1.165) is 5.69 Å². The van der Waals surface area contributed by atoms with Crippen molar-refractivity contribution in [2.75, 3.05) is 6.54 Å². The summed E-state index contributed by atoms with van der Waals surface area (Å²) in [6.45, 7) is 12.1. The van der Waals surface area contributed by atoms with Gasteiger partial charge in [0.2, 0.25) is 0 Å². The van der Waals surface area contributed by atoms with Crippen LogP contribution in [0.3, 0.4) is 0 Å². The Balaban J connectivity index is 3.05. The van der Waals surface area contributed by atoms with Gasteiger partial charge in [0.25, 0.3) is 0 Å². The fourth-order valence-electron chi connectivity index (χ4n) is 1.82. The molecule has 0 aliphatic rings. The molecule has 0 fully saturated rings. The van der Waals surface area contributed by atoms with Crippen LogP contribution in [0.15, 0.2) is 12.3 Å². The van der Waals surface area contributed by atoms with Crippen LogP contribution in [0.2, 0.25) is 0 Å². The molecule has 1 aromatic heterocycles. The van der Waals surface area contributed by atoms with Gasteiger partial charge in [-0.25, -0.2) is 12.9 Å². The molecule has 19 heavy (non-hydrogen) atoms. The first-order valence-corrected chi connectivity index (χ1v) is 7.59. The maximum Gasteiger partial charge on any atom is 0.144 e. The number of aryl methyl sites for hydroxylation is 1. The lowest BCUT2D eigenvalue weighted by Crippen LogP contribution is -2.39. The summed E-state index contributed by atoms with van der Waals surface area (Å²) in [5.41, 5.74) is 1.31. The van der Waals surface area contributed by atoms with Crippen LogP contribution in [0.4, 0.5) is 4.39 Å². The molecule has 0 aromatic carbocycles. The number of nitrogens with zero attached hydrogens (tertiary/aromatic N) is 2. The molecule has 1 aromatic rings. The summed E-state index contributed by atoms with van der Waals surface area (Å²) in [7, 11) is -1.12. The van der Waals surface area contributed by atoms with Gasteiger partial charge in [-0.1, -0.05) is 6.92 Å².